The lowest BCUT2D eigenvalue weighted by Gasteiger charge is -2.22. The highest BCUT2D eigenvalue weighted by Crippen LogP contribution is 2.49. The standard InChI is InChI=1S/C18H25N8O7P/c1-20-12(27)4-3-10-11(7-32-34(30,31-2)25-6-5-21-8-25)33-17(14(10)28)26-9-22-13-15(26)23-18(19)24-16(13)29/h5-6,8-11,14,17,28H,3-4,7H2,1-2H3,(H,20,27)(H3,19,23,24,29)/t10-,11-,14-,17-,34?/m1/s1. The normalized spacial score (nSPS) is 24.3. The summed E-state index contributed by atoms with van der Waals surface area (Å²) in [6.45, 7) is -0.224. The van der Waals surface area contributed by atoms with Crippen molar-refractivity contribution in [3.63, 3.8) is 0 Å². The van der Waals surface area contributed by atoms with E-state index in [2.05, 4.69) is 25.3 Å². The minimum Gasteiger partial charge on any atom is -0.388 e. The van der Waals surface area contributed by atoms with Crippen LogP contribution in [0.4, 0.5) is 5.95 Å². The minimum atomic E-state index is -3.76. The van der Waals surface area contributed by atoms with Crippen molar-refractivity contribution in [3.8, 4) is 0 Å². The van der Waals surface area contributed by atoms with Gasteiger partial charge < -0.3 is 20.9 Å². The highest BCUT2D eigenvalue weighted by atomic mass is 31.2. The van der Waals surface area contributed by atoms with Crippen LogP contribution in [0.3, 0.4) is 0 Å². The van der Waals surface area contributed by atoms with E-state index in [0.29, 0.717) is 0 Å². The fourth-order valence-electron chi connectivity index (χ4n) is 3.87. The third-order valence-electron chi connectivity index (χ3n) is 5.64. The lowest BCUT2D eigenvalue weighted by Crippen LogP contribution is -2.30. The second-order valence-corrected chi connectivity index (χ2v) is 9.62. The Balaban J connectivity index is 1.61. The average Bonchev–Trinajstić information content (AvgIpc) is 3.56. The number of aliphatic hydroxyl groups excluding tert-OH is 1. The fourth-order valence-corrected chi connectivity index (χ4v) is 5.04. The van der Waals surface area contributed by atoms with Gasteiger partial charge in [0.25, 0.3) is 5.56 Å². The fraction of sp³-hybridized carbons (Fsp3) is 0.500. The van der Waals surface area contributed by atoms with Gasteiger partial charge in [0.2, 0.25) is 11.9 Å². The number of hydrogen-bond donors (Lipinski definition) is 4. The van der Waals surface area contributed by atoms with Gasteiger partial charge in [-0.15, -0.1) is 0 Å². The van der Waals surface area contributed by atoms with Gasteiger partial charge in [0.1, 0.15) is 12.4 Å². The monoisotopic (exact) mass is 496 g/mol. The van der Waals surface area contributed by atoms with Gasteiger partial charge in [-0.3, -0.25) is 28.2 Å². The maximum atomic E-state index is 13.1. The Labute approximate surface area is 192 Å². The van der Waals surface area contributed by atoms with Crippen molar-refractivity contribution in [1.82, 2.24) is 34.2 Å². The van der Waals surface area contributed by atoms with E-state index in [-0.39, 0.29) is 42.5 Å². The molecule has 5 atom stereocenters. The van der Waals surface area contributed by atoms with Crippen molar-refractivity contribution in [3.05, 3.63) is 35.4 Å². The molecule has 4 heterocycles. The Hall–Kier alpha value is -3.10. The number of nitrogen functional groups attached to an aromatic ring is 1. The van der Waals surface area contributed by atoms with Crippen LogP contribution in [0.25, 0.3) is 11.2 Å². The third kappa shape index (κ3) is 4.48. The number of fused-ring (bicyclic) bond motifs is 1. The molecule has 0 radical (unpaired) electrons. The van der Waals surface area contributed by atoms with Crippen LogP contribution in [-0.4, -0.2) is 72.8 Å². The number of nitrogens with two attached hydrogens (primary N) is 1. The van der Waals surface area contributed by atoms with Gasteiger partial charge in [0.05, 0.1) is 19.0 Å². The number of hydrogen-bond acceptors (Lipinski definition) is 11. The zero-order valence-electron chi connectivity index (χ0n) is 18.4. The predicted octanol–water partition coefficient (Wildman–Crippen LogP) is -0.382. The molecule has 34 heavy (non-hydrogen) atoms. The molecule has 0 bridgehead atoms. The number of aliphatic hydroxyl groups is 1. The Morgan fingerprint density at radius 2 is 2.24 bits per heavy atom. The Kier molecular flexibility index (Phi) is 6.81. The van der Waals surface area contributed by atoms with Crippen LogP contribution in [0.5, 0.6) is 0 Å². The summed E-state index contributed by atoms with van der Waals surface area (Å²) in [5.74, 6) is -0.929. The molecule has 0 saturated carbocycles. The summed E-state index contributed by atoms with van der Waals surface area (Å²) in [6.07, 6.45) is 2.90. The number of nitrogens with zero attached hydrogens (tertiary/aromatic N) is 5. The molecule has 1 fully saturated rings. The zero-order valence-corrected chi connectivity index (χ0v) is 19.3. The van der Waals surface area contributed by atoms with E-state index < -0.39 is 37.7 Å². The molecule has 184 valence electrons. The SMILES string of the molecule is CNC(=O)CC[C@H]1[C@@H](O)[C@H](n2cnc3c(=O)[nH]c(N)nc32)O[C@@H]1COP(=O)(OC)n1ccnc1. The summed E-state index contributed by atoms with van der Waals surface area (Å²) >= 11 is 0. The van der Waals surface area contributed by atoms with Crippen LogP contribution in [0.1, 0.15) is 19.1 Å². The molecule has 3 aromatic heterocycles. The highest BCUT2D eigenvalue weighted by Gasteiger charge is 2.46. The van der Waals surface area contributed by atoms with Crippen LogP contribution in [0.2, 0.25) is 0 Å². The molecule has 1 amide bonds. The number of carbonyl (C=O) groups is 1. The predicted molar refractivity (Wildman–Crippen MR) is 117 cm³/mol. The third-order valence-corrected chi connectivity index (χ3v) is 7.38. The second kappa shape index (κ2) is 9.64. The molecule has 5 N–H and O–H groups in total. The molecule has 1 aliphatic rings. The first-order valence-corrected chi connectivity index (χ1v) is 11.8. The molecule has 15 nitrogen and oxygen atoms in total. The molecule has 0 spiro atoms. The van der Waals surface area contributed by atoms with Gasteiger partial charge in [0, 0.05) is 38.9 Å². The molecule has 4 rings (SSSR count). The number of H-pyrrole nitrogens is 1. The number of nitrogens with one attached hydrogen (secondary N) is 2. The quantitative estimate of drug-likeness (QED) is 0.281. The highest BCUT2D eigenvalue weighted by molar-refractivity contribution is 7.52. The second-order valence-electron chi connectivity index (χ2n) is 7.60. The molecule has 3 aromatic rings. The Morgan fingerprint density at radius 1 is 1.44 bits per heavy atom. The Bertz CT molecular complexity index is 1260. The number of aromatic amines is 1. The summed E-state index contributed by atoms with van der Waals surface area (Å²) in [7, 11) is -1.01. The number of aromatic nitrogens is 6. The number of imidazole rings is 2. The van der Waals surface area contributed by atoms with Gasteiger partial charge in [0.15, 0.2) is 17.4 Å². The molecular weight excluding hydrogens is 471 g/mol. The maximum Gasteiger partial charge on any atom is 0.439 e. The van der Waals surface area contributed by atoms with Crippen LogP contribution < -0.4 is 16.6 Å². The smallest absolute Gasteiger partial charge is 0.388 e. The van der Waals surface area contributed by atoms with Gasteiger partial charge >= 0.3 is 7.75 Å². The summed E-state index contributed by atoms with van der Waals surface area (Å²) in [5.41, 5.74) is 5.28. The molecule has 0 aromatic carbocycles. The first-order chi connectivity index (χ1) is 16.3. The van der Waals surface area contributed by atoms with Crippen molar-refractivity contribution in [2.45, 2.75) is 31.3 Å². The lowest BCUT2D eigenvalue weighted by atomic mass is 9.93. The van der Waals surface area contributed by atoms with E-state index in [1.165, 1.54) is 48.1 Å². The summed E-state index contributed by atoms with van der Waals surface area (Å²) in [5, 5.41) is 13.7. The van der Waals surface area contributed by atoms with Gasteiger partial charge in [-0.05, 0) is 6.42 Å². The summed E-state index contributed by atoms with van der Waals surface area (Å²) in [6, 6.07) is 0. The summed E-state index contributed by atoms with van der Waals surface area (Å²) < 4.78 is 32.5. The van der Waals surface area contributed by atoms with E-state index in [1.54, 1.807) is 0 Å². The van der Waals surface area contributed by atoms with Gasteiger partial charge in [-0.25, -0.2) is 18.9 Å². The van der Waals surface area contributed by atoms with Crippen molar-refractivity contribution in [2.24, 2.45) is 5.92 Å². The van der Waals surface area contributed by atoms with Crippen LogP contribution in [0, 0.1) is 5.92 Å². The minimum absolute atomic E-state index is 0.0237. The van der Waals surface area contributed by atoms with Gasteiger partial charge in [-0.1, -0.05) is 0 Å². The van der Waals surface area contributed by atoms with E-state index in [1.807, 2.05) is 0 Å². The van der Waals surface area contributed by atoms with E-state index >= 15 is 0 Å². The topological polar surface area (TPSA) is 201 Å². The van der Waals surface area contributed by atoms with Crippen molar-refractivity contribution in [2.75, 3.05) is 26.5 Å². The van der Waals surface area contributed by atoms with Crippen LogP contribution in [0.15, 0.2) is 29.8 Å². The number of rotatable bonds is 9. The first kappa shape index (κ1) is 24.0. The average molecular weight is 496 g/mol. The van der Waals surface area contributed by atoms with Crippen molar-refractivity contribution >= 4 is 30.8 Å². The molecule has 16 heteroatoms. The van der Waals surface area contributed by atoms with Crippen LogP contribution >= 0.6 is 7.75 Å². The largest absolute Gasteiger partial charge is 0.439 e. The number of carbonyl (C=O) groups excluding carboxylic acids is 1. The molecule has 1 aliphatic heterocycles. The number of ether oxygens (including phenoxy) is 1. The lowest BCUT2D eigenvalue weighted by molar-refractivity contribution is -0.121. The van der Waals surface area contributed by atoms with Crippen LogP contribution in [-0.2, 0) is 23.1 Å². The number of anilines is 1. The van der Waals surface area contributed by atoms with E-state index in [9.17, 15) is 19.3 Å². The Morgan fingerprint density at radius 3 is 2.91 bits per heavy atom. The van der Waals surface area contributed by atoms with Gasteiger partial charge in [-0.2, -0.15) is 4.98 Å². The van der Waals surface area contributed by atoms with E-state index in [0.717, 1.165) is 0 Å². The van der Waals surface area contributed by atoms with E-state index in [4.69, 9.17) is 19.5 Å². The first-order valence-electron chi connectivity index (χ1n) is 10.3. The molecule has 1 unspecified atom stereocenters. The summed E-state index contributed by atoms with van der Waals surface area (Å²) in [4.78, 5) is 38.3. The maximum absolute atomic E-state index is 13.1. The molecular formula is C18H25N8O7P. The molecule has 1 saturated heterocycles. The zero-order chi connectivity index (χ0) is 24.5. The molecule has 0 aliphatic carbocycles. The number of amides is 1. The van der Waals surface area contributed by atoms with Crippen molar-refractivity contribution < 1.29 is 28.3 Å². The van der Waals surface area contributed by atoms with Crippen molar-refractivity contribution in [1.29, 1.82) is 0 Å².